The zero-order chi connectivity index (χ0) is 14.3. The lowest BCUT2D eigenvalue weighted by molar-refractivity contribution is 0.258. The van der Waals surface area contributed by atoms with E-state index >= 15 is 0 Å². The maximum absolute atomic E-state index is 12.1. The molecule has 1 aromatic rings. The molecule has 0 spiro atoms. The van der Waals surface area contributed by atoms with Crippen LogP contribution in [0.1, 0.15) is 18.9 Å². The van der Waals surface area contributed by atoms with Gasteiger partial charge in [-0.2, -0.15) is 0 Å². The van der Waals surface area contributed by atoms with E-state index in [9.17, 15) is 4.39 Å². The van der Waals surface area contributed by atoms with E-state index in [1.807, 2.05) is 19.1 Å². The van der Waals surface area contributed by atoms with Gasteiger partial charge in [-0.05, 0) is 31.0 Å². The van der Waals surface area contributed by atoms with Crippen molar-refractivity contribution >= 4 is 0 Å². The van der Waals surface area contributed by atoms with E-state index in [0.29, 0.717) is 23.7 Å². The maximum Gasteiger partial charge on any atom is 0.203 e. The highest BCUT2D eigenvalue weighted by Crippen LogP contribution is 2.38. The molecule has 0 aliphatic carbocycles. The SMILES string of the molecule is COc1cc(CC(C)N)cc(OC)c1OCCCF. The lowest BCUT2D eigenvalue weighted by atomic mass is 10.1. The molecular formula is C14H22FNO3. The molecule has 0 bridgehead atoms. The highest BCUT2D eigenvalue weighted by Gasteiger charge is 2.14. The van der Waals surface area contributed by atoms with Crippen molar-refractivity contribution in [3.63, 3.8) is 0 Å². The summed E-state index contributed by atoms with van der Waals surface area (Å²) in [4.78, 5) is 0. The third-order valence-corrected chi connectivity index (χ3v) is 2.60. The lowest BCUT2D eigenvalue weighted by Crippen LogP contribution is -2.17. The van der Waals surface area contributed by atoms with E-state index in [4.69, 9.17) is 19.9 Å². The van der Waals surface area contributed by atoms with Crippen LogP contribution in [0.2, 0.25) is 0 Å². The Labute approximate surface area is 113 Å². The quantitative estimate of drug-likeness (QED) is 0.737. The summed E-state index contributed by atoms with van der Waals surface area (Å²) in [6.45, 7) is 1.81. The monoisotopic (exact) mass is 271 g/mol. The predicted molar refractivity (Wildman–Crippen MR) is 73.0 cm³/mol. The van der Waals surface area contributed by atoms with E-state index < -0.39 is 6.67 Å². The fourth-order valence-electron chi connectivity index (χ4n) is 1.79. The van der Waals surface area contributed by atoms with Crippen molar-refractivity contribution in [1.82, 2.24) is 0 Å². The van der Waals surface area contributed by atoms with Gasteiger partial charge in [0, 0.05) is 12.5 Å². The summed E-state index contributed by atoms with van der Waals surface area (Å²) in [5.74, 6) is 1.66. The van der Waals surface area contributed by atoms with Gasteiger partial charge in [-0.15, -0.1) is 0 Å². The number of alkyl halides is 1. The first-order chi connectivity index (χ1) is 9.12. The average Bonchev–Trinajstić information content (AvgIpc) is 2.38. The summed E-state index contributed by atoms with van der Waals surface area (Å²) >= 11 is 0. The van der Waals surface area contributed by atoms with Gasteiger partial charge in [-0.3, -0.25) is 4.39 Å². The molecule has 0 amide bonds. The topological polar surface area (TPSA) is 53.7 Å². The van der Waals surface area contributed by atoms with Gasteiger partial charge in [0.2, 0.25) is 5.75 Å². The number of hydrogen-bond donors (Lipinski definition) is 1. The molecule has 19 heavy (non-hydrogen) atoms. The largest absolute Gasteiger partial charge is 0.493 e. The van der Waals surface area contributed by atoms with E-state index in [0.717, 1.165) is 12.0 Å². The normalized spacial score (nSPS) is 12.1. The number of hydrogen-bond acceptors (Lipinski definition) is 4. The number of benzene rings is 1. The van der Waals surface area contributed by atoms with Gasteiger partial charge in [-0.25, -0.2) is 0 Å². The molecule has 0 radical (unpaired) electrons. The molecule has 0 heterocycles. The van der Waals surface area contributed by atoms with Crippen molar-refractivity contribution in [2.75, 3.05) is 27.5 Å². The highest BCUT2D eigenvalue weighted by molar-refractivity contribution is 5.54. The lowest BCUT2D eigenvalue weighted by Gasteiger charge is -2.16. The molecule has 1 unspecified atom stereocenters. The molecule has 0 aliphatic rings. The van der Waals surface area contributed by atoms with Crippen molar-refractivity contribution in [3.05, 3.63) is 17.7 Å². The smallest absolute Gasteiger partial charge is 0.203 e. The van der Waals surface area contributed by atoms with Gasteiger partial charge in [0.15, 0.2) is 11.5 Å². The summed E-state index contributed by atoms with van der Waals surface area (Å²) < 4.78 is 28.2. The van der Waals surface area contributed by atoms with Gasteiger partial charge < -0.3 is 19.9 Å². The molecule has 1 aromatic carbocycles. The highest BCUT2D eigenvalue weighted by atomic mass is 19.1. The second-order valence-electron chi connectivity index (χ2n) is 4.40. The van der Waals surface area contributed by atoms with Gasteiger partial charge in [0.1, 0.15) is 0 Å². The fraction of sp³-hybridized carbons (Fsp3) is 0.571. The van der Waals surface area contributed by atoms with Crippen LogP contribution in [0.5, 0.6) is 17.2 Å². The Bertz CT molecular complexity index is 371. The molecule has 0 aromatic heterocycles. The molecule has 0 saturated heterocycles. The van der Waals surface area contributed by atoms with Crippen molar-refractivity contribution in [3.8, 4) is 17.2 Å². The Morgan fingerprint density at radius 2 is 1.79 bits per heavy atom. The van der Waals surface area contributed by atoms with Gasteiger partial charge in [0.05, 0.1) is 27.5 Å². The van der Waals surface area contributed by atoms with Crippen LogP contribution in [0.3, 0.4) is 0 Å². The molecule has 1 rings (SSSR count). The van der Waals surface area contributed by atoms with Crippen LogP contribution in [-0.2, 0) is 6.42 Å². The summed E-state index contributed by atoms with van der Waals surface area (Å²) in [6, 6.07) is 3.79. The minimum absolute atomic E-state index is 0.0488. The summed E-state index contributed by atoms with van der Waals surface area (Å²) in [5.41, 5.74) is 6.80. The number of methoxy groups -OCH3 is 2. The molecule has 0 fully saturated rings. The van der Waals surface area contributed by atoms with Crippen molar-refractivity contribution in [2.24, 2.45) is 5.73 Å². The summed E-state index contributed by atoms with van der Waals surface area (Å²) in [6.07, 6.45) is 1.06. The first-order valence-electron chi connectivity index (χ1n) is 6.31. The maximum atomic E-state index is 12.1. The van der Waals surface area contributed by atoms with Gasteiger partial charge in [-0.1, -0.05) is 0 Å². The van der Waals surface area contributed by atoms with Crippen LogP contribution in [0.4, 0.5) is 4.39 Å². The van der Waals surface area contributed by atoms with Crippen LogP contribution in [0.25, 0.3) is 0 Å². The molecule has 1 atom stereocenters. The van der Waals surface area contributed by atoms with E-state index in [1.54, 1.807) is 14.2 Å². The van der Waals surface area contributed by atoms with Crippen LogP contribution < -0.4 is 19.9 Å². The van der Waals surface area contributed by atoms with Crippen LogP contribution in [-0.4, -0.2) is 33.5 Å². The second kappa shape index (κ2) is 7.84. The van der Waals surface area contributed by atoms with Gasteiger partial charge >= 0.3 is 0 Å². The minimum Gasteiger partial charge on any atom is -0.493 e. The molecule has 0 saturated carbocycles. The zero-order valence-corrected chi connectivity index (χ0v) is 11.7. The molecular weight excluding hydrogens is 249 g/mol. The summed E-state index contributed by atoms with van der Waals surface area (Å²) in [7, 11) is 3.12. The van der Waals surface area contributed by atoms with E-state index in [2.05, 4.69) is 0 Å². The average molecular weight is 271 g/mol. The van der Waals surface area contributed by atoms with Crippen molar-refractivity contribution < 1.29 is 18.6 Å². The molecule has 2 N–H and O–H groups in total. The Hall–Kier alpha value is -1.49. The molecule has 5 heteroatoms. The van der Waals surface area contributed by atoms with E-state index in [-0.39, 0.29) is 12.6 Å². The van der Waals surface area contributed by atoms with Gasteiger partial charge in [0.25, 0.3) is 0 Å². The van der Waals surface area contributed by atoms with Crippen molar-refractivity contribution in [2.45, 2.75) is 25.8 Å². The Morgan fingerprint density at radius 1 is 1.21 bits per heavy atom. The van der Waals surface area contributed by atoms with Crippen molar-refractivity contribution in [1.29, 1.82) is 0 Å². The third kappa shape index (κ3) is 4.59. The number of halogens is 1. The summed E-state index contributed by atoms with van der Waals surface area (Å²) in [5, 5.41) is 0. The van der Waals surface area contributed by atoms with Crippen LogP contribution in [0.15, 0.2) is 12.1 Å². The first kappa shape index (κ1) is 15.6. The number of rotatable bonds is 8. The van der Waals surface area contributed by atoms with Crippen LogP contribution >= 0.6 is 0 Å². The standard InChI is InChI=1S/C14H22FNO3/c1-10(16)7-11-8-12(17-2)14(13(9-11)18-3)19-6-4-5-15/h8-10H,4-7,16H2,1-3H3. The van der Waals surface area contributed by atoms with Crippen LogP contribution in [0, 0.1) is 0 Å². The molecule has 4 nitrogen and oxygen atoms in total. The Balaban J connectivity index is 2.99. The minimum atomic E-state index is -0.409. The third-order valence-electron chi connectivity index (χ3n) is 2.60. The number of ether oxygens (including phenoxy) is 3. The Morgan fingerprint density at radius 3 is 2.21 bits per heavy atom. The second-order valence-corrected chi connectivity index (χ2v) is 4.40. The molecule has 0 aliphatic heterocycles. The molecule has 108 valence electrons. The predicted octanol–water partition coefficient (Wildman–Crippen LogP) is 2.33. The van der Waals surface area contributed by atoms with E-state index in [1.165, 1.54) is 0 Å². The fourth-order valence-corrected chi connectivity index (χ4v) is 1.79. The number of nitrogens with two attached hydrogens (primary N) is 1. The Kier molecular flexibility index (Phi) is 6.42. The zero-order valence-electron chi connectivity index (χ0n) is 11.7. The first-order valence-corrected chi connectivity index (χ1v) is 6.31.